The van der Waals surface area contributed by atoms with Crippen molar-refractivity contribution in [1.82, 2.24) is 14.8 Å². The highest BCUT2D eigenvalue weighted by Gasteiger charge is 2.33. The second kappa shape index (κ2) is 9.08. The molecule has 0 fully saturated rings. The monoisotopic (exact) mass is 455 g/mol. The molecule has 0 aliphatic carbocycles. The lowest BCUT2D eigenvalue weighted by molar-refractivity contribution is -0.138. The smallest absolute Gasteiger partial charge is 0.416 e. The van der Waals surface area contributed by atoms with Crippen molar-refractivity contribution in [1.29, 1.82) is 0 Å². The molecule has 0 saturated heterocycles. The highest BCUT2D eigenvalue weighted by Crippen LogP contribution is 2.36. The van der Waals surface area contributed by atoms with Gasteiger partial charge < -0.3 is 4.74 Å². The van der Waals surface area contributed by atoms with E-state index in [1.165, 1.54) is 23.9 Å². The second-order valence-electron chi connectivity index (χ2n) is 7.15. The third-order valence-corrected chi connectivity index (χ3v) is 5.90. The topological polar surface area (TPSA) is 39.9 Å². The number of methoxy groups -OCH3 is 1. The van der Waals surface area contributed by atoms with Gasteiger partial charge in [-0.2, -0.15) is 13.2 Å². The average Bonchev–Trinajstić information content (AvgIpc) is 3.21. The molecule has 0 unspecified atom stereocenters. The number of benzene rings is 3. The Hall–Kier alpha value is -3.26. The normalized spacial score (nSPS) is 11.5. The van der Waals surface area contributed by atoms with Crippen LogP contribution in [0.25, 0.3) is 17.1 Å². The lowest BCUT2D eigenvalue weighted by Gasteiger charge is -2.14. The zero-order valence-corrected chi connectivity index (χ0v) is 18.2. The number of thioether (sulfide) groups is 1. The molecule has 8 heteroatoms. The van der Waals surface area contributed by atoms with Gasteiger partial charge in [-0.15, -0.1) is 10.2 Å². The molecule has 0 saturated carbocycles. The van der Waals surface area contributed by atoms with Crippen LogP contribution >= 0.6 is 11.8 Å². The number of aromatic nitrogens is 3. The molecule has 4 nitrogen and oxygen atoms in total. The third-order valence-electron chi connectivity index (χ3n) is 4.92. The van der Waals surface area contributed by atoms with Crippen molar-refractivity contribution in [2.45, 2.75) is 24.0 Å². The van der Waals surface area contributed by atoms with E-state index in [-0.39, 0.29) is 11.3 Å². The lowest BCUT2D eigenvalue weighted by Crippen LogP contribution is -2.08. The fourth-order valence-corrected chi connectivity index (χ4v) is 4.31. The largest absolute Gasteiger partial charge is 0.497 e. The van der Waals surface area contributed by atoms with E-state index in [4.69, 9.17) is 4.74 Å². The Morgan fingerprint density at radius 2 is 1.69 bits per heavy atom. The van der Waals surface area contributed by atoms with Gasteiger partial charge in [-0.3, -0.25) is 4.57 Å². The predicted octanol–water partition coefficient (Wildman–Crippen LogP) is 6.56. The van der Waals surface area contributed by atoms with Crippen LogP contribution in [0.3, 0.4) is 0 Å². The summed E-state index contributed by atoms with van der Waals surface area (Å²) in [6.45, 7) is 1.98. The molecular formula is C24H20F3N3OS. The Morgan fingerprint density at radius 3 is 2.38 bits per heavy atom. The van der Waals surface area contributed by atoms with Crippen LogP contribution in [0.4, 0.5) is 13.2 Å². The first-order valence-electron chi connectivity index (χ1n) is 9.81. The maximum Gasteiger partial charge on any atom is 0.416 e. The molecule has 4 aromatic rings. The number of aryl methyl sites for hydroxylation is 1. The summed E-state index contributed by atoms with van der Waals surface area (Å²) in [6.07, 6.45) is -4.41. The molecule has 0 aliphatic heterocycles. The van der Waals surface area contributed by atoms with E-state index < -0.39 is 11.7 Å². The molecule has 3 aromatic carbocycles. The Morgan fingerprint density at radius 1 is 0.938 bits per heavy atom. The minimum atomic E-state index is -4.41. The molecular weight excluding hydrogens is 435 g/mol. The van der Waals surface area contributed by atoms with Crippen molar-refractivity contribution < 1.29 is 17.9 Å². The summed E-state index contributed by atoms with van der Waals surface area (Å²) in [5.74, 6) is 1.43. The van der Waals surface area contributed by atoms with Crippen LogP contribution in [0.15, 0.2) is 78.0 Å². The lowest BCUT2D eigenvalue weighted by atomic mass is 10.1. The number of ether oxygens (including phenoxy) is 1. The van der Waals surface area contributed by atoms with Crippen LogP contribution in [0.1, 0.15) is 16.7 Å². The maximum absolute atomic E-state index is 13.4. The van der Waals surface area contributed by atoms with Crippen LogP contribution in [-0.4, -0.2) is 21.9 Å². The van der Waals surface area contributed by atoms with Gasteiger partial charge in [0.05, 0.1) is 12.7 Å². The number of hydrogen-bond acceptors (Lipinski definition) is 4. The van der Waals surface area contributed by atoms with Gasteiger partial charge in [0.1, 0.15) is 5.75 Å². The molecule has 0 bridgehead atoms. The molecule has 0 atom stereocenters. The highest BCUT2D eigenvalue weighted by atomic mass is 32.2. The van der Waals surface area contributed by atoms with Crippen LogP contribution < -0.4 is 4.74 Å². The SMILES string of the molecule is COc1ccc(-c2nnc(SCc3ccccc3C(F)(F)F)n2-c2cccc(C)c2)cc1. The Bertz CT molecular complexity index is 1220. The molecule has 1 aromatic heterocycles. The van der Waals surface area contributed by atoms with Crippen molar-refractivity contribution in [2.24, 2.45) is 0 Å². The van der Waals surface area contributed by atoms with Gasteiger partial charge in [-0.05, 0) is 60.5 Å². The predicted molar refractivity (Wildman–Crippen MR) is 119 cm³/mol. The van der Waals surface area contributed by atoms with E-state index in [0.717, 1.165) is 22.9 Å². The van der Waals surface area contributed by atoms with Crippen molar-refractivity contribution in [3.63, 3.8) is 0 Å². The van der Waals surface area contributed by atoms with Crippen molar-refractivity contribution >= 4 is 11.8 Å². The Kier molecular flexibility index (Phi) is 6.23. The molecule has 0 radical (unpaired) electrons. The molecule has 0 N–H and O–H groups in total. The summed E-state index contributed by atoms with van der Waals surface area (Å²) in [5, 5.41) is 9.18. The van der Waals surface area contributed by atoms with Crippen LogP contribution in [0.5, 0.6) is 5.75 Å². The summed E-state index contributed by atoms with van der Waals surface area (Å²) in [6, 6.07) is 20.8. The molecule has 0 spiro atoms. The molecule has 0 amide bonds. The number of alkyl halides is 3. The van der Waals surface area contributed by atoms with Crippen molar-refractivity contribution in [2.75, 3.05) is 7.11 Å². The Balaban J connectivity index is 1.74. The molecule has 0 aliphatic rings. The molecule has 32 heavy (non-hydrogen) atoms. The van der Waals surface area contributed by atoms with E-state index in [9.17, 15) is 13.2 Å². The summed E-state index contributed by atoms with van der Waals surface area (Å²) >= 11 is 1.22. The summed E-state index contributed by atoms with van der Waals surface area (Å²) in [4.78, 5) is 0. The minimum absolute atomic E-state index is 0.113. The third kappa shape index (κ3) is 4.65. The quantitative estimate of drug-likeness (QED) is 0.309. The van der Waals surface area contributed by atoms with Crippen molar-refractivity contribution in [3.8, 4) is 22.8 Å². The summed E-state index contributed by atoms with van der Waals surface area (Å²) in [7, 11) is 1.60. The molecule has 164 valence electrons. The van der Waals surface area contributed by atoms with E-state index in [1.54, 1.807) is 13.2 Å². The van der Waals surface area contributed by atoms with Gasteiger partial charge in [0, 0.05) is 17.0 Å². The summed E-state index contributed by atoms with van der Waals surface area (Å²) < 4.78 is 47.3. The van der Waals surface area contributed by atoms with E-state index in [2.05, 4.69) is 10.2 Å². The van der Waals surface area contributed by atoms with Gasteiger partial charge in [0.25, 0.3) is 0 Å². The van der Waals surface area contributed by atoms with Gasteiger partial charge in [-0.1, -0.05) is 42.1 Å². The van der Waals surface area contributed by atoms with Gasteiger partial charge in [-0.25, -0.2) is 0 Å². The molecule has 1 heterocycles. The number of hydrogen-bond donors (Lipinski definition) is 0. The molecule has 4 rings (SSSR count). The first-order chi connectivity index (χ1) is 15.4. The van der Waals surface area contributed by atoms with Crippen molar-refractivity contribution in [3.05, 3.63) is 89.5 Å². The van der Waals surface area contributed by atoms with Crippen LogP contribution in [0, 0.1) is 6.92 Å². The zero-order chi connectivity index (χ0) is 22.7. The second-order valence-corrected chi connectivity index (χ2v) is 8.10. The fourth-order valence-electron chi connectivity index (χ4n) is 3.36. The zero-order valence-electron chi connectivity index (χ0n) is 17.4. The standard InChI is InChI=1S/C24H20F3N3OS/c1-16-6-5-8-19(14-16)30-22(17-10-12-20(31-2)13-11-17)28-29-23(30)32-15-18-7-3-4-9-21(18)24(25,26)27/h3-14H,15H2,1-2H3. The van der Waals surface area contributed by atoms with E-state index in [1.807, 2.05) is 60.0 Å². The van der Waals surface area contributed by atoms with Gasteiger partial charge >= 0.3 is 6.18 Å². The number of nitrogens with zero attached hydrogens (tertiary/aromatic N) is 3. The minimum Gasteiger partial charge on any atom is -0.497 e. The van der Waals surface area contributed by atoms with Gasteiger partial charge in [0.15, 0.2) is 11.0 Å². The summed E-state index contributed by atoms with van der Waals surface area (Å²) in [5.41, 5.74) is 2.28. The fraction of sp³-hybridized carbons (Fsp3) is 0.167. The first kappa shape index (κ1) is 22.0. The number of rotatable bonds is 6. The Labute approximate surface area is 188 Å². The first-order valence-corrected chi connectivity index (χ1v) is 10.8. The van der Waals surface area contributed by atoms with E-state index >= 15 is 0 Å². The van der Waals surface area contributed by atoms with Crippen LogP contribution in [0.2, 0.25) is 0 Å². The van der Waals surface area contributed by atoms with Crippen LogP contribution in [-0.2, 0) is 11.9 Å². The average molecular weight is 456 g/mol. The number of halogens is 3. The van der Waals surface area contributed by atoms with E-state index in [0.29, 0.717) is 16.7 Å². The maximum atomic E-state index is 13.4. The highest BCUT2D eigenvalue weighted by molar-refractivity contribution is 7.98. The van der Waals surface area contributed by atoms with Gasteiger partial charge in [0.2, 0.25) is 0 Å².